The summed E-state index contributed by atoms with van der Waals surface area (Å²) in [6.45, 7) is 4.93. The lowest BCUT2D eigenvalue weighted by Gasteiger charge is -2.20. The van der Waals surface area contributed by atoms with E-state index >= 15 is 0 Å². The Morgan fingerprint density at radius 2 is 0.603 bits per heavy atom. The summed E-state index contributed by atoms with van der Waals surface area (Å²) in [5.41, 5.74) is 0. The minimum Gasteiger partial charge on any atom is -0.466 e. The van der Waals surface area contributed by atoms with E-state index in [0.29, 0.717) is 19.4 Å². The van der Waals surface area contributed by atoms with Gasteiger partial charge in [0.05, 0.1) is 25.4 Å². The number of nitrogens with one attached hydrogen (secondary N) is 1. The van der Waals surface area contributed by atoms with Crippen LogP contribution in [-0.4, -0.2) is 47.4 Å². The quantitative estimate of drug-likeness (QED) is 0.0320. The molecule has 0 radical (unpaired) electrons. The largest absolute Gasteiger partial charge is 0.466 e. The maximum absolute atomic E-state index is 12.4. The number of hydrogen-bond donors (Lipinski definition) is 3. The van der Waals surface area contributed by atoms with Crippen molar-refractivity contribution in [3.63, 3.8) is 0 Å². The molecule has 0 aromatic rings. The number of ether oxygens (including phenoxy) is 1. The van der Waals surface area contributed by atoms with Crippen molar-refractivity contribution in [2.24, 2.45) is 0 Å². The van der Waals surface area contributed by atoms with E-state index in [1.165, 1.54) is 334 Å². The molecular weight excluding hydrogens is 959 g/mol. The summed E-state index contributed by atoms with van der Waals surface area (Å²) in [5, 5.41) is 23.1. The average molecular weight is 1100 g/mol. The lowest BCUT2D eigenvalue weighted by molar-refractivity contribution is -0.143. The van der Waals surface area contributed by atoms with Gasteiger partial charge in [-0.1, -0.05) is 353 Å². The van der Waals surface area contributed by atoms with Crippen molar-refractivity contribution in [1.82, 2.24) is 5.32 Å². The maximum Gasteiger partial charge on any atom is 0.305 e. The van der Waals surface area contributed by atoms with E-state index in [-0.39, 0.29) is 18.5 Å². The lowest BCUT2D eigenvalue weighted by atomic mass is 10.0. The van der Waals surface area contributed by atoms with Gasteiger partial charge in [0.25, 0.3) is 0 Å². The zero-order valence-electron chi connectivity index (χ0n) is 52.9. The van der Waals surface area contributed by atoms with Gasteiger partial charge in [-0.3, -0.25) is 9.59 Å². The molecule has 6 nitrogen and oxygen atoms in total. The molecule has 0 aromatic heterocycles. The Balaban J connectivity index is 3.33. The molecule has 0 aliphatic heterocycles. The van der Waals surface area contributed by atoms with Crippen LogP contribution in [-0.2, 0) is 14.3 Å². The highest BCUT2D eigenvalue weighted by molar-refractivity contribution is 5.76. The van der Waals surface area contributed by atoms with E-state index in [0.717, 1.165) is 38.5 Å². The lowest BCUT2D eigenvalue weighted by Crippen LogP contribution is -2.45. The van der Waals surface area contributed by atoms with Gasteiger partial charge in [0.15, 0.2) is 0 Å². The molecule has 2 atom stereocenters. The van der Waals surface area contributed by atoms with Gasteiger partial charge in [0.2, 0.25) is 5.91 Å². The van der Waals surface area contributed by atoms with E-state index in [4.69, 9.17) is 4.74 Å². The molecule has 462 valence electrons. The number of aliphatic hydroxyl groups is 2. The Morgan fingerprint density at radius 3 is 0.910 bits per heavy atom. The first-order valence-electron chi connectivity index (χ1n) is 35.6. The van der Waals surface area contributed by atoms with E-state index in [9.17, 15) is 19.8 Å². The average Bonchev–Trinajstić information content (AvgIpc) is 3.44. The third kappa shape index (κ3) is 63.5. The second-order valence-electron chi connectivity index (χ2n) is 24.6. The monoisotopic (exact) mass is 1100 g/mol. The Hall–Kier alpha value is -1.66. The number of aliphatic hydroxyl groups excluding tert-OH is 2. The molecule has 0 aliphatic carbocycles. The van der Waals surface area contributed by atoms with E-state index < -0.39 is 12.1 Å². The molecule has 0 heterocycles. The number of amides is 1. The highest BCUT2D eigenvalue weighted by Gasteiger charge is 2.18. The van der Waals surface area contributed by atoms with Crippen molar-refractivity contribution in [2.75, 3.05) is 13.2 Å². The number of carbonyl (C=O) groups is 2. The highest BCUT2D eigenvalue weighted by atomic mass is 16.5. The van der Waals surface area contributed by atoms with Crippen LogP contribution >= 0.6 is 0 Å². The predicted molar refractivity (Wildman–Crippen MR) is 343 cm³/mol. The molecule has 78 heavy (non-hydrogen) atoms. The predicted octanol–water partition coefficient (Wildman–Crippen LogP) is 22.9. The van der Waals surface area contributed by atoms with Gasteiger partial charge in [-0.15, -0.1) is 0 Å². The van der Waals surface area contributed by atoms with Crippen molar-refractivity contribution in [2.45, 2.75) is 411 Å². The van der Waals surface area contributed by atoms with Crippen molar-refractivity contribution in [3.05, 3.63) is 24.3 Å². The number of rotatable bonds is 67. The van der Waals surface area contributed by atoms with Crippen LogP contribution in [0.5, 0.6) is 0 Å². The first kappa shape index (κ1) is 76.3. The van der Waals surface area contributed by atoms with Gasteiger partial charge < -0.3 is 20.3 Å². The Labute approximate surface area is 488 Å². The molecule has 0 fully saturated rings. The number of hydrogen-bond acceptors (Lipinski definition) is 5. The molecule has 0 saturated heterocycles. The van der Waals surface area contributed by atoms with Crippen LogP contribution < -0.4 is 5.32 Å². The van der Waals surface area contributed by atoms with Crippen LogP contribution in [0.2, 0.25) is 0 Å². The molecule has 3 N–H and O–H groups in total. The fraction of sp³-hybridized carbons (Fsp3) is 0.917. The van der Waals surface area contributed by atoms with E-state index in [1.807, 2.05) is 6.08 Å². The summed E-state index contributed by atoms with van der Waals surface area (Å²) >= 11 is 0. The normalized spacial score (nSPS) is 12.6. The first-order valence-corrected chi connectivity index (χ1v) is 35.6. The van der Waals surface area contributed by atoms with Gasteiger partial charge in [0, 0.05) is 12.8 Å². The topological polar surface area (TPSA) is 95.9 Å². The van der Waals surface area contributed by atoms with Crippen LogP contribution in [0, 0.1) is 0 Å². The number of unbranched alkanes of at least 4 members (excludes halogenated alkanes) is 54. The van der Waals surface area contributed by atoms with E-state index in [2.05, 4.69) is 31.3 Å². The zero-order chi connectivity index (χ0) is 56.4. The molecule has 0 saturated carbocycles. The second kappa shape index (κ2) is 67.8. The van der Waals surface area contributed by atoms with Crippen molar-refractivity contribution in [3.8, 4) is 0 Å². The summed E-state index contributed by atoms with van der Waals surface area (Å²) in [7, 11) is 0. The third-order valence-corrected chi connectivity index (χ3v) is 16.7. The van der Waals surface area contributed by atoms with Gasteiger partial charge in [-0.25, -0.2) is 0 Å². The molecule has 0 rings (SSSR count). The Bertz CT molecular complexity index is 1220. The van der Waals surface area contributed by atoms with Gasteiger partial charge >= 0.3 is 5.97 Å². The molecule has 0 spiro atoms. The minimum atomic E-state index is -0.841. The van der Waals surface area contributed by atoms with Crippen LogP contribution in [0.4, 0.5) is 0 Å². The molecular formula is C72H139NO5. The van der Waals surface area contributed by atoms with Crippen molar-refractivity contribution >= 4 is 11.9 Å². The molecule has 1 amide bonds. The summed E-state index contributed by atoms with van der Waals surface area (Å²) in [6.07, 6.45) is 85.6. The van der Waals surface area contributed by atoms with Crippen LogP contribution in [0.15, 0.2) is 24.3 Å². The highest BCUT2D eigenvalue weighted by Crippen LogP contribution is 2.19. The molecule has 2 unspecified atom stereocenters. The molecule has 0 aromatic carbocycles. The molecule has 0 bridgehead atoms. The Morgan fingerprint density at radius 1 is 0.346 bits per heavy atom. The van der Waals surface area contributed by atoms with Gasteiger partial charge in [-0.2, -0.15) is 0 Å². The maximum atomic E-state index is 12.4. The van der Waals surface area contributed by atoms with Crippen LogP contribution in [0.3, 0.4) is 0 Å². The minimum absolute atomic E-state index is 0.0228. The fourth-order valence-electron chi connectivity index (χ4n) is 11.3. The third-order valence-electron chi connectivity index (χ3n) is 16.7. The van der Waals surface area contributed by atoms with Crippen LogP contribution in [0.25, 0.3) is 0 Å². The summed E-state index contributed by atoms with van der Waals surface area (Å²) < 4.78 is 5.51. The number of esters is 1. The van der Waals surface area contributed by atoms with E-state index in [1.54, 1.807) is 6.08 Å². The molecule has 6 heteroatoms. The number of carbonyl (C=O) groups excluding carboxylic acids is 2. The zero-order valence-corrected chi connectivity index (χ0v) is 52.9. The van der Waals surface area contributed by atoms with Crippen molar-refractivity contribution in [1.29, 1.82) is 0 Å². The summed E-state index contributed by atoms with van der Waals surface area (Å²) in [6, 6.07) is -0.624. The smallest absolute Gasteiger partial charge is 0.305 e. The fourth-order valence-corrected chi connectivity index (χ4v) is 11.3. The Kier molecular flexibility index (Phi) is 66.4. The number of allylic oxidation sites excluding steroid dienone is 3. The van der Waals surface area contributed by atoms with Gasteiger partial charge in [-0.05, 0) is 57.8 Å². The summed E-state index contributed by atoms with van der Waals surface area (Å²) in [5.74, 6) is -0.0427. The molecule has 0 aliphatic rings. The summed E-state index contributed by atoms with van der Waals surface area (Å²) in [4.78, 5) is 24.6. The first-order chi connectivity index (χ1) is 38.5. The SMILES string of the molecule is CCCCCCCCCCC/C=C/C(O)C(CO)NC(=O)CCCCCCCCCCCCCCCCC/C=C\CCCCCCCCCCCCCCOC(=O)CCCCCCCCCCCCCCCCCCCCC. The van der Waals surface area contributed by atoms with Gasteiger partial charge in [0.1, 0.15) is 0 Å². The standard InChI is InChI=1S/C72H139NO5/c1-3-5-7-9-11-13-15-16-17-18-32-36-39-42-46-50-54-58-62-66-72(77)78-67-63-59-55-51-47-43-40-37-34-31-29-27-25-23-21-19-20-22-24-26-28-30-33-35-38-41-45-49-53-57-61-65-71(76)73-69(68-74)70(75)64-60-56-52-48-44-14-12-10-8-6-4-2/h21,23,60,64,69-70,74-75H,3-20,22,24-59,61-63,65-68H2,1-2H3,(H,73,76)/b23-21-,64-60+. The van der Waals surface area contributed by atoms with Crippen LogP contribution in [0.1, 0.15) is 399 Å². The van der Waals surface area contributed by atoms with Crippen molar-refractivity contribution < 1.29 is 24.5 Å². The second-order valence-corrected chi connectivity index (χ2v) is 24.6.